The summed E-state index contributed by atoms with van der Waals surface area (Å²) < 4.78 is 0. The molecule has 0 bridgehead atoms. The highest BCUT2D eigenvalue weighted by Crippen LogP contribution is 2.32. The van der Waals surface area contributed by atoms with Crippen LogP contribution in [0.5, 0.6) is 0 Å². The maximum atomic E-state index is 13.0. The average Bonchev–Trinajstić information content (AvgIpc) is 2.99. The Hall–Kier alpha value is -3.12. The van der Waals surface area contributed by atoms with Gasteiger partial charge >= 0.3 is 0 Å². The second kappa shape index (κ2) is 9.17. The number of carbonyl (C=O) groups excluding carboxylic acids is 3. The first-order chi connectivity index (χ1) is 15.3. The molecule has 2 N–H and O–H groups in total. The smallest absolute Gasteiger partial charge is 0.279 e. The van der Waals surface area contributed by atoms with Crippen molar-refractivity contribution in [2.45, 2.75) is 52.0 Å². The lowest BCUT2D eigenvalue weighted by molar-refractivity contribution is -0.140. The Labute approximate surface area is 192 Å². The molecule has 0 radical (unpaired) electrons. The van der Waals surface area contributed by atoms with Crippen molar-refractivity contribution >= 4 is 40.7 Å². The van der Waals surface area contributed by atoms with Crippen LogP contribution in [-0.4, -0.2) is 28.7 Å². The number of rotatable bonds is 5. The number of halogens is 1. The number of carbonyl (C=O) groups is 3. The highest BCUT2D eigenvalue weighted by atomic mass is 35.5. The van der Waals surface area contributed by atoms with Crippen molar-refractivity contribution in [3.05, 3.63) is 69.9 Å². The normalized spacial score (nSPS) is 17.2. The van der Waals surface area contributed by atoms with Gasteiger partial charge in [0.25, 0.3) is 17.7 Å². The molecule has 1 heterocycles. The summed E-state index contributed by atoms with van der Waals surface area (Å²) in [4.78, 5) is 39.7. The van der Waals surface area contributed by atoms with Gasteiger partial charge in [0, 0.05) is 23.0 Å². The van der Waals surface area contributed by atoms with Crippen LogP contribution in [0.15, 0.2) is 53.2 Å². The lowest BCUT2D eigenvalue weighted by atomic mass is 9.94. The van der Waals surface area contributed by atoms with Crippen molar-refractivity contribution in [1.29, 1.82) is 0 Å². The van der Waals surface area contributed by atoms with Gasteiger partial charge in [-0.1, -0.05) is 54.6 Å². The molecule has 3 amide bonds. The van der Waals surface area contributed by atoms with E-state index in [1.807, 2.05) is 32.0 Å². The number of nitrogens with zero attached hydrogens (tertiary/aromatic N) is 1. The predicted molar refractivity (Wildman–Crippen MR) is 126 cm³/mol. The summed E-state index contributed by atoms with van der Waals surface area (Å²) in [5.41, 5.74) is 3.83. The van der Waals surface area contributed by atoms with Crippen LogP contribution in [0.25, 0.3) is 0 Å². The van der Waals surface area contributed by atoms with Gasteiger partial charge in [0.2, 0.25) is 0 Å². The molecule has 0 aromatic heterocycles. The van der Waals surface area contributed by atoms with Crippen LogP contribution in [0.3, 0.4) is 0 Å². The lowest BCUT2D eigenvalue weighted by Crippen LogP contribution is -2.42. The van der Waals surface area contributed by atoms with E-state index in [1.165, 1.54) is 4.90 Å². The molecule has 1 fully saturated rings. The molecule has 1 aliphatic carbocycles. The van der Waals surface area contributed by atoms with Gasteiger partial charge in [0.15, 0.2) is 0 Å². The maximum absolute atomic E-state index is 13.0. The Balaban J connectivity index is 1.50. The summed E-state index contributed by atoms with van der Waals surface area (Å²) in [5, 5.41) is 5.78. The van der Waals surface area contributed by atoms with Crippen LogP contribution < -0.4 is 10.6 Å². The fraction of sp³-hybridized carbons (Fsp3) is 0.320. The van der Waals surface area contributed by atoms with Gasteiger partial charge in [-0.2, -0.15) is 0 Å². The van der Waals surface area contributed by atoms with E-state index in [2.05, 4.69) is 10.6 Å². The zero-order chi connectivity index (χ0) is 22.8. The lowest BCUT2D eigenvalue weighted by Gasteiger charge is -2.29. The molecule has 0 atom stereocenters. The largest absolute Gasteiger partial charge is 0.350 e. The monoisotopic (exact) mass is 451 g/mol. The van der Waals surface area contributed by atoms with E-state index in [9.17, 15) is 14.4 Å². The second-order valence-electron chi connectivity index (χ2n) is 8.44. The molecule has 1 saturated carbocycles. The van der Waals surface area contributed by atoms with Crippen LogP contribution in [0.1, 0.15) is 53.6 Å². The molecule has 32 heavy (non-hydrogen) atoms. The molecule has 0 unspecified atom stereocenters. The fourth-order valence-electron chi connectivity index (χ4n) is 4.33. The summed E-state index contributed by atoms with van der Waals surface area (Å²) in [5.74, 6) is -1.12. The van der Waals surface area contributed by atoms with Crippen molar-refractivity contribution in [2.75, 3.05) is 10.6 Å². The van der Waals surface area contributed by atoms with Crippen LogP contribution in [0, 0.1) is 13.8 Å². The van der Waals surface area contributed by atoms with Crippen LogP contribution in [0.4, 0.5) is 11.4 Å². The molecule has 1 aliphatic heterocycles. The van der Waals surface area contributed by atoms with Crippen molar-refractivity contribution in [3.63, 3.8) is 0 Å². The molecular formula is C25H26ClN3O3. The predicted octanol–water partition coefficient (Wildman–Crippen LogP) is 5.12. The van der Waals surface area contributed by atoms with Gasteiger partial charge < -0.3 is 10.6 Å². The summed E-state index contributed by atoms with van der Waals surface area (Å²) in [6, 6.07) is 12.5. The molecule has 0 spiro atoms. The van der Waals surface area contributed by atoms with Gasteiger partial charge in [-0.3, -0.25) is 19.3 Å². The minimum absolute atomic E-state index is 0.0641. The number of amides is 3. The number of imide groups is 1. The first kappa shape index (κ1) is 22.1. The topological polar surface area (TPSA) is 78.5 Å². The Morgan fingerprint density at radius 3 is 2.47 bits per heavy atom. The molecule has 4 rings (SSSR count). The van der Waals surface area contributed by atoms with Gasteiger partial charge in [0.05, 0.1) is 0 Å². The average molecular weight is 452 g/mol. The Bertz CT molecular complexity index is 1120. The third-order valence-corrected chi connectivity index (χ3v) is 6.37. The molecule has 2 aromatic rings. The van der Waals surface area contributed by atoms with Gasteiger partial charge in [-0.05, 0) is 56.5 Å². The third-order valence-electron chi connectivity index (χ3n) is 6.02. The third kappa shape index (κ3) is 4.41. The number of nitrogens with one attached hydrogen (secondary N) is 2. The first-order valence-corrected chi connectivity index (χ1v) is 11.3. The molecule has 166 valence electrons. The van der Waals surface area contributed by atoms with Gasteiger partial charge in [-0.15, -0.1) is 0 Å². The van der Waals surface area contributed by atoms with Gasteiger partial charge in [0.1, 0.15) is 10.7 Å². The number of anilines is 2. The fourth-order valence-corrected chi connectivity index (χ4v) is 4.55. The number of benzene rings is 2. The number of hydrogen-bond acceptors (Lipinski definition) is 4. The van der Waals surface area contributed by atoms with Crippen molar-refractivity contribution in [3.8, 4) is 0 Å². The highest BCUT2D eigenvalue weighted by Gasteiger charge is 2.42. The second-order valence-corrected chi connectivity index (χ2v) is 8.82. The van der Waals surface area contributed by atoms with E-state index < -0.39 is 11.8 Å². The number of hydrogen-bond donors (Lipinski definition) is 2. The first-order valence-electron chi connectivity index (χ1n) is 10.9. The van der Waals surface area contributed by atoms with E-state index in [4.69, 9.17) is 11.6 Å². The molecule has 6 nitrogen and oxygen atoms in total. The summed E-state index contributed by atoms with van der Waals surface area (Å²) in [7, 11) is 0. The maximum Gasteiger partial charge on any atom is 0.279 e. The minimum atomic E-state index is -0.449. The number of aryl methyl sites for hydroxylation is 2. The highest BCUT2D eigenvalue weighted by molar-refractivity contribution is 6.48. The van der Waals surface area contributed by atoms with Crippen molar-refractivity contribution in [2.24, 2.45) is 0 Å². The van der Waals surface area contributed by atoms with E-state index in [-0.39, 0.29) is 22.7 Å². The Kier molecular flexibility index (Phi) is 6.33. The molecule has 7 heteroatoms. The summed E-state index contributed by atoms with van der Waals surface area (Å²) in [6.07, 6.45) is 4.74. The minimum Gasteiger partial charge on any atom is -0.350 e. The van der Waals surface area contributed by atoms with E-state index in [0.29, 0.717) is 11.3 Å². The molecule has 2 aliphatic rings. The Morgan fingerprint density at radius 2 is 1.75 bits per heavy atom. The Morgan fingerprint density at radius 1 is 1.00 bits per heavy atom. The molecular weight excluding hydrogens is 426 g/mol. The zero-order valence-electron chi connectivity index (χ0n) is 18.2. The summed E-state index contributed by atoms with van der Waals surface area (Å²) in [6.45, 7) is 3.94. The molecule has 0 saturated heterocycles. The summed E-state index contributed by atoms with van der Waals surface area (Å²) >= 11 is 6.25. The van der Waals surface area contributed by atoms with Gasteiger partial charge in [-0.25, -0.2) is 0 Å². The van der Waals surface area contributed by atoms with Crippen molar-refractivity contribution in [1.82, 2.24) is 4.90 Å². The zero-order valence-corrected chi connectivity index (χ0v) is 19.0. The standard InChI is InChI=1S/C25H26ClN3O3/c1-15-11-12-20(16(2)13-15)28-23(30)17-7-6-8-18(14-17)27-22-21(26)24(31)29(25(22)32)19-9-4-3-5-10-19/h6-8,11-14,19,27H,3-5,9-10H2,1-2H3,(H,28,30). The van der Waals surface area contributed by atoms with Crippen LogP contribution in [0.2, 0.25) is 0 Å². The van der Waals surface area contributed by atoms with E-state index in [0.717, 1.165) is 48.9 Å². The van der Waals surface area contributed by atoms with Crippen LogP contribution >= 0.6 is 11.6 Å². The molecule has 2 aromatic carbocycles. The van der Waals surface area contributed by atoms with Crippen molar-refractivity contribution < 1.29 is 14.4 Å². The quantitative estimate of drug-likeness (QED) is 0.618. The SMILES string of the molecule is Cc1ccc(NC(=O)c2cccc(NC3=C(Cl)C(=O)N(C4CCCCC4)C3=O)c2)c(C)c1. The van der Waals surface area contributed by atoms with Crippen LogP contribution in [-0.2, 0) is 9.59 Å². The van der Waals surface area contributed by atoms with E-state index in [1.54, 1.807) is 24.3 Å². The van der Waals surface area contributed by atoms with E-state index >= 15 is 0 Å².